The quantitative estimate of drug-likeness (QED) is 0.558. The molecule has 5 heteroatoms. The number of fused-ring (bicyclic) bond motifs is 1. The van der Waals surface area contributed by atoms with E-state index in [2.05, 4.69) is 5.32 Å². The highest BCUT2D eigenvalue weighted by Gasteiger charge is 2.31. The summed E-state index contributed by atoms with van der Waals surface area (Å²) in [6.07, 6.45) is 0. The molecule has 0 radical (unpaired) electrons. The third-order valence-electron chi connectivity index (χ3n) is 1.97. The van der Waals surface area contributed by atoms with Gasteiger partial charge in [-0.15, -0.1) is 0 Å². The number of benzene rings is 1. The second-order valence-corrected chi connectivity index (χ2v) is 3.06. The molecule has 5 nitrogen and oxygen atoms in total. The highest BCUT2D eigenvalue weighted by atomic mass is 16.8. The summed E-state index contributed by atoms with van der Waals surface area (Å²) in [7, 11) is 1.53. The van der Waals surface area contributed by atoms with Crippen LogP contribution < -0.4 is 14.8 Å². The van der Waals surface area contributed by atoms with Crippen LogP contribution in [0.3, 0.4) is 0 Å². The molecule has 1 aromatic carbocycles. The van der Waals surface area contributed by atoms with E-state index in [0.29, 0.717) is 17.2 Å². The standard InChI is InChI=1S/C9H11NO4/c1-13-6-2-3-7-8(4-6)14-9(11,12)5-10-7/h2-4,10-12H,5H2,1H3. The maximum Gasteiger partial charge on any atom is 0.340 e. The first-order valence-electron chi connectivity index (χ1n) is 4.16. The number of hydrogen-bond donors (Lipinski definition) is 3. The molecule has 0 aromatic heterocycles. The highest BCUT2D eigenvalue weighted by molar-refractivity contribution is 5.60. The van der Waals surface area contributed by atoms with Crippen molar-refractivity contribution in [3.63, 3.8) is 0 Å². The number of methoxy groups -OCH3 is 1. The number of nitrogens with one attached hydrogen (secondary N) is 1. The van der Waals surface area contributed by atoms with E-state index < -0.39 is 5.97 Å². The Morgan fingerprint density at radius 3 is 3.00 bits per heavy atom. The van der Waals surface area contributed by atoms with Gasteiger partial charge in [0.15, 0.2) is 5.75 Å². The molecule has 14 heavy (non-hydrogen) atoms. The Morgan fingerprint density at radius 2 is 2.29 bits per heavy atom. The van der Waals surface area contributed by atoms with Gasteiger partial charge < -0.3 is 25.0 Å². The van der Waals surface area contributed by atoms with Crippen LogP contribution in [-0.2, 0) is 0 Å². The van der Waals surface area contributed by atoms with Gasteiger partial charge in [0, 0.05) is 6.07 Å². The van der Waals surface area contributed by atoms with Crippen LogP contribution in [0.2, 0.25) is 0 Å². The van der Waals surface area contributed by atoms with Crippen molar-refractivity contribution in [3.8, 4) is 11.5 Å². The number of ether oxygens (including phenoxy) is 2. The third-order valence-corrected chi connectivity index (χ3v) is 1.97. The molecule has 1 aliphatic heterocycles. The Morgan fingerprint density at radius 1 is 1.50 bits per heavy atom. The minimum absolute atomic E-state index is 0.0632. The molecule has 3 N–H and O–H groups in total. The van der Waals surface area contributed by atoms with Crippen molar-refractivity contribution < 1.29 is 19.7 Å². The van der Waals surface area contributed by atoms with E-state index >= 15 is 0 Å². The van der Waals surface area contributed by atoms with Crippen LogP contribution in [0.1, 0.15) is 0 Å². The van der Waals surface area contributed by atoms with E-state index in [1.54, 1.807) is 18.2 Å². The van der Waals surface area contributed by atoms with Crippen LogP contribution in [0, 0.1) is 0 Å². The van der Waals surface area contributed by atoms with Gasteiger partial charge in [0.1, 0.15) is 12.3 Å². The molecule has 0 bridgehead atoms. The highest BCUT2D eigenvalue weighted by Crippen LogP contribution is 2.34. The van der Waals surface area contributed by atoms with Crippen molar-refractivity contribution in [2.75, 3.05) is 19.0 Å². The van der Waals surface area contributed by atoms with Crippen molar-refractivity contribution in [3.05, 3.63) is 18.2 Å². The van der Waals surface area contributed by atoms with Gasteiger partial charge in [-0.05, 0) is 12.1 Å². The SMILES string of the molecule is COc1ccc2c(c1)OC(O)(O)CN2. The van der Waals surface area contributed by atoms with E-state index in [1.165, 1.54) is 7.11 Å². The van der Waals surface area contributed by atoms with Gasteiger partial charge in [-0.3, -0.25) is 0 Å². The molecule has 2 rings (SSSR count). The van der Waals surface area contributed by atoms with E-state index in [-0.39, 0.29) is 6.54 Å². The fourth-order valence-electron chi connectivity index (χ4n) is 1.28. The maximum atomic E-state index is 9.21. The monoisotopic (exact) mass is 197 g/mol. The largest absolute Gasteiger partial charge is 0.497 e. The fraction of sp³-hybridized carbons (Fsp3) is 0.333. The molecule has 0 saturated carbocycles. The second kappa shape index (κ2) is 3.04. The molecule has 0 atom stereocenters. The Kier molecular flexibility index (Phi) is 1.98. The van der Waals surface area contributed by atoms with Crippen molar-refractivity contribution in [2.24, 2.45) is 0 Å². The van der Waals surface area contributed by atoms with E-state index in [9.17, 15) is 10.2 Å². The van der Waals surface area contributed by atoms with Crippen molar-refractivity contribution in [2.45, 2.75) is 5.97 Å². The summed E-state index contributed by atoms with van der Waals surface area (Å²) < 4.78 is 9.91. The lowest BCUT2D eigenvalue weighted by molar-refractivity contribution is -0.283. The van der Waals surface area contributed by atoms with Gasteiger partial charge in [0.05, 0.1) is 12.8 Å². The summed E-state index contributed by atoms with van der Waals surface area (Å²) in [5.74, 6) is -1.19. The molecule has 1 heterocycles. The first kappa shape index (κ1) is 9.11. The Balaban J connectivity index is 2.34. The number of rotatable bonds is 1. The van der Waals surface area contributed by atoms with Gasteiger partial charge >= 0.3 is 5.97 Å². The van der Waals surface area contributed by atoms with Crippen LogP contribution in [0.4, 0.5) is 5.69 Å². The predicted molar refractivity (Wildman–Crippen MR) is 49.3 cm³/mol. The van der Waals surface area contributed by atoms with Crippen LogP contribution >= 0.6 is 0 Å². The van der Waals surface area contributed by atoms with Crippen molar-refractivity contribution in [1.29, 1.82) is 0 Å². The summed E-state index contributed by atoms with van der Waals surface area (Å²) >= 11 is 0. The van der Waals surface area contributed by atoms with Crippen molar-refractivity contribution in [1.82, 2.24) is 0 Å². The lowest BCUT2D eigenvalue weighted by atomic mass is 10.2. The summed E-state index contributed by atoms with van der Waals surface area (Å²) in [4.78, 5) is 0. The number of aliphatic hydroxyl groups is 2. The van der Waals surface area contributed by atoms with Crippen LogP contribution in [0.5, 0.6) is 11.5 Å². The van der Waals surface area contributed by atoms with Crippen LogP contribution in [0.15, 0.2) is 18.2 Å². The van der Waals surface area contributed by atoms with Gasteiger partial charge in [-0.25, -0.2) is 0 Å². The van der Waals surface area contributed by atoms with Gasteiger partial charge in [0.25, 0.3) is 0 Å². The van der Waals surface area contributed by atoms with Gasteiger partial charge in [-0.1, -0.05) is 0 Å². The topological polar surface area (TPSA) is 71.0 Å². The third kappa shape index (κ3) is 1.59. The normalized spacial score (nSPS) is 17.6. The lowest BCUT2D eigenvalue weighted by Crippen LogP contribution is -2.45. The molecular weight excluding hydrogens is 186 g/mol. The Hall–Kier alpha value is -1.46. The summed E-state index contributed by atoms with van der Waals surface area (Å²) in [5, 5.41) is 21.3. The van der Waals surface area contributed by atoms with E-state index in [1.807, 2.05) is 0 Å². The van der Waals surface area contributed by atoms with Crippen molar-refractivity contribution >= 4 is 5.69 Å². The second-order valence-electron chi connectivity index (χ2n) is 3.06. The van der Waals surface area contributed by atoms with Crippen LogP contribution in [0.25, 0.3) is 0 Å². The predicted octanol–water partition coefficient (Wildman–Crippen LogP) is 0.138. The number of hydrogen-bond acceptors (Lipinski definition) is 5. The minimum atomic E-state index is -2.15. The molecule has 76 valence electrons. The van der Waals surface area contributed by atoms with Gasteiger partial charge in [-0.2, -0.15) is 0 Å². The zero-order valence-electron chi connectivity index (χ0n) is 7.65. The number of anilines is 1. The Bertz CT molecular complexity index is 351. The van der Waals surface area contributed by atoms with E-state index in [4.69, 9.17) is 9.47 Å². The molecule has 0 fully saturated rings. The zero-order valence-corrected chi connectivity index (χ0v) is 7.65. The molecule has 0 spiro atoms. The molecule has 0 unspecified atom stereocenters. The van der Waals surface area contributed by atoms with Crippen LogP contribution in [-0.4, -0.2) is 29.8 Å². The molecule has 0 amide bonds. The lowest BCUT2D eigenvalue weighted by Gasteiger charge is -2.30. The molecule has 1 aromatic rings. The summed E-state index contributed by atoms with van der Waals surface area (Å²) in [6, 6.07) is 5.10. The average Bonchev–Trinajstić information content (AvgIpc) is 2.15. The van der Waals surface area contributed by atoms with Gasteiger partial charge in [0.2, 0.25) is 0 Å². The average molecular weight is 197 g/mol. The molecular formula is C9H11NO4. The minimum Gasteiger partial charge on any atom is -0.497 e. The Labute approximate surface area is 80.9 Å². The molecule has 0 aliphatic carbocycles. The molecule has 0 saturated heterocycles. The molecule has 1 aliphatic rings. The summed E-state index contributed by atoms with van der Waals surface area (Å²) in [5.41, 5.74) is 0.713. The first-order chi connectivity index (χ1) is 6.61. The fourth-order valence-corrected chi connectivity index (χ4v) is 1.28. The summed E-state index contributed by atoms with van der Waals surface area (Å²) in [6.45, 7) is -0.0632. The zero-order chi connectivity index (χ0) is 10.2. The first-order valence-corrected chi connectivity index (χ1v) is 4.16. The van der Waals surface area contributed by atoms with E-state index in [0.717, 1.165) is 0 Å². The maximum absolute atomic E-state index is 9.21. The smallest absolute Gasteiger partial charge is 0.340 e. The number of β-amino-alcohol motifs (C(OH)–C–C–N with tert-alkyl or cyclic N) is 2.